The van der Waals surface area contributed by atoms with Gasteiger partial charge < -0.3 is 101 Å². The highest BCUT2D eigenvalue weighted by Crippen LogP contribution is 2.24. The van der Waals surface area contributed by atoms with Crippen LogP contribution in [0, 0.1) is 17.2 Å². The number of ether oxygens (including phenoxy) is 1. The van der Waals surface area contributed by atoms with Crippen LogP contribution in [0.4, 0.5) is 0 Å². The van der Waals surface area contributed by atoms with Crippen LogP contribution in [0.25, 0.3) is 10.9 Å². The zero-order chi connectivity index (χ0) is 85.1. The summed E-state index contributed by atoms with van der Waals surface area (Å²) in [4.78, 5) is 229. The molecule has 0 saturated carbocycles. The van der Waals surface area contributed by atoms with Crippen LogP contribution >= 0.6 is 15.9 Å². The number of likely N-dealkylation sites (N-methyl/N-ethyl adjacent to an activating group) is 1. The van der Waals surface area contributed by atoms with Gasteiger partial charge in [0, 0.05) is 67.4 Å². The lowest BCUT2D eigenvalue weighted by Crippen LogP contribution is -2.63. The molecule has 115 heavy (non-hydrogen) atoms. The lowest BCUT2D eigenvalue weighted by molar-refractivity contribution is -0.159. The lowest BCUT2D eigenvalue weighted by atomic mass is 9.98. The lowest BCUT2D eigenvalue weighted by Gasteiger charge is -2.34. The summed E-state index contributed by atoms with van der Waals surface area (Å²) in [5.41, 5.74) is 18.7. The molecule has 0 bridgehead atoms. The van der Waals surface area contributed by atoms with Crippen LogP contribution in [-0.4, -0.2) is 241 Å². The second kappa shape index (κ2) is 43.6. The Hall–Kier alpha value is -11.7. The Labute approximate surface area is 670 Å². The van der Waals surface area contributed by atoms with Gasteiger partial charge in [-0.25, -0.2) is 8.98 Å². The van der Waals surface area contributed by atoms with Gasteiger partial charge in [0.15, 0.2) is 5.96 Å². The Morgan fingerprint density at radius 2 is 1.34 bits per heavy atom. The molecule has 13 atom stereocenters. The number of cyclic esters (lactones) is 1. The van der Waals surface area contributed by atoms with Crippen LogP contribution in [0.3, 0.4) is 0 Å². The quantitative estimate of drug-likeness (QED) is 0.00509. The molecule has 3 heterocycles. The van der Waals surface area contributed by atoms with Crippen LogP contribution in [0.1, 0.15) is 103 Å². The molecule has 1 aromatic heterocycles. The first-order chi connectivity index (χ1) is 54.2. The number of nitrogens with two attached hydrogens (primary N) is 3. The average molecular weight is 1690 g/mol. The number of guanidine groups is 1. The molecular weight excluding hydrogens is 1590 g/mol. The Kier molecular flexibility index (Phi) is 34.9. The molecule has 0 spiro atoms. The van der Waals surface area contributed by atoms with Crippen LogP contribution in [0.2, 0.25) is 0 Å². The topological polar surface area (TPSA) is 614 Å². The van der Waals surface area contributed by atoms with Crippen molar-refractivity contribution in [3.8, 4) is 0 Å². The first kappa shape index (κ1) is 92.2. The third-order valence-electron chi connectivity index (χ3n) is 18.9. The fraction of sp³-hybridized carbons (Fsp3) is 0.493. The predicted octanol–water partition coefficient (Wildman–Crippen LogP) is -4.13. The van der Waals surface area contributed by atoms with E-state index in [-0.39, 0.29) is 45.2 Å². The minimum Gasteiger partial charge on any atom is -0.458 e. The first-order valence-corrected chi connectivity index (χ1v) is 39.0. The van der Waals surface area contributed by atoms with Gasteiger partial charge in [0.1, 0.15) is 78.6 Å². The van der Waals surface area contributed by atoms with Crippen molar-refractivity contribution < 1.29 is 98.6 Å². The molecule has 2 aliphatic rings. The van der Waals surface area contributed by atoms with Crippen molar-refractivity contribution in [3.63, 3.8) is 0 Å². The van der Waals surface area contributed by atoms with E-state index in [1.807, 2.05) is 0 Å². The number of amides is 15. The SMILES string of the molecule is CC(NC=O)C(=O)NC(Cc1ccc(Br)cc1)C(=O)N1CCCC1C(=O)NC(C(=O)NC(C(=O)NC(Cc1c[nH]c2ccccc12)C(=O)NC(CCCNC(=N)N)C(=O)NC(COS(=O)(=O)O)C(=O)NC1C(=O)N(C)C(CCC(N)=O)C(=O)NC(Cc2ccccc2)C(=O)NCC(=O)NC(CC(N)=O)C(=O)OC1C)C(C)C)C(C)C. The molecule has 3 aromatic carbocycles. The Morgan fingerprint density at radius 1 is 0.722 bits per heavy atom. The monoisotopic (exact) mass is 1690 g/mol. The minimum absolute atomic E-state index is 0.00470. The van der Waals surface area contributed by atoms with Crippen molar-refractivity contribution in [3.05, 3.63) is 106 Å². The summed E-state index contributed by atoms with van der Waals surface area (Å²) in [7, 11) is -4.55. The third kappa shape index (κ3) is 28.4. The zero-order valence-corrected chi connectivity index (χ0v) is 66.6. The van der Waals surface area contributed by atoms with Crippen molar-refractivity contribution in [1.29, 1.82) is 5.41 Å². The Bertz CT molecular complexity index is 4330. The van der Waals surface area contributed by atoms with Gasteiger partial charge >= 0.3 is 16.4 Å². The summed E-state index contributed by atoms with van der Waals surface area (Å²) in [5.74, 6) is -18.1. The second-order valence-corrected chi connectivity index (χ2v) is 30.4. The number of benzene rings is 3. The highest BCUT2D eigenvalue weighted by molar-refractivity contribution is 9.10. The number of esters is 1. The van der Waals surface area contributed by atoms with Crippen molar-refractivity contribution in [2.45, 2.75) is 184 Å². The van der Waals surface area contributed by atoms with E-state index in [0.29, 0.717) is 45.3 Å². The van der Waals surface area contributed by atoms with Gasteiger partial charge in [0.25, 0.3) is 0 Å². The van der Waals surface area contributed by atoms with E-state index >= 15 is 14.4 Å². The van der Waals surface area contributed by atoms with Gasteiger partial charge in [0.2, 0.25) is 89.1 Å². The van der Waals surface area contributed by atoms with E-state index in [1.54, 1.807) is 113 Å². The molecular formula is C73H100BrN19O21S. The third-order valence-corrected chi connectivity index (χ3v) is 19.8. The Morgan fingerprint density at radius 3 is 1.97 bits per heavy atom. The number of hydrogen-bond acceptors (Lipinski definition) is 21. The highest BCUT2D eigenvalue weighted by atomic mass is 79.9. The van der Waals surface area contributed by atoms with Crippen molar-refractivity contribution in [2.75, 3.05) is 33.3 Å². The number of carbonyl (C=O) groups excluding carboxylic acids is 16. The molecule has 0 radical (unpaired) electrons. The number of nitrogens with one attached hydrogen (secondary N) is 14. The van der Waals surface area contributed by atoms with E-state index in [4.69, 9.17) is 27.3 Å². The molecule has 0 aliphatic carbocycles. The second-order valence-electron chi connectivity index (χ2n) is 28.3. The number of aromatic amines is 1. The number of fused-ring (bicyclic) bond motifs is 1. The van der Waals surface area contributed by atoms with Crippen LogP contribution < -0.4 is 81.0 Å². The summed E-state index contributed by atoms with van der Waals surface area (Å²) < 4.78 is 45.5. The molecule has 2 aliphatic heterocycles. The molecule has 626 valence electrons. The standard InChI is InChI=1S/C73H100BrN19O21S/c1-37(2)58(90-69(106)59(38(3)4)89-67(104)54-20-14-28-93(54)70(107)50(87-61(98)39(5)82-36-94)30-42-21-23-44(74)24-22-42)68(105)86-49(31-43-33-80-46-18-12-11-17-45(43)46)64(101)84-47(19-13-27-79-73(77)78)63(100)88-52(35-113-115(110,111)112)65(102)91-60-40(6)114-72(109)51(32-56(76)96)83-57(97)34-81-62(99)48(29-41-15-9-8-10-16-41)85-66(103)53(25-26-55(75)95)92(7)71(60)108/h8-12,15-18,21-24,33,36-40,47-54,58-60,80H,13-14,19-20,25-32,34-35H2,1-7H3,(H2,75,95)(H2,76,96)(H,81,99)(H,82,94)(H,83,97)(H,84,101)(H,85,103)(H,86,105)(H,87,98)(H,88,100)(H,89,104)(H,90,106)(H,91,102)(H4,77,78,79)(H,110,111,112). The molecule has 2 saturated heterocycles. The number of para-hydroxylation sites is 1. The molecule has 21 N–H and O–H groups in total. The number of aromatic nitrogens is 1. The number of likely N-dealkylation sites (tertiary alicyclic amines) is 1. The molecule has 15 amide bonds. The van der Waals surface area contributed by atoms with Gasteiger partial charge in [-0.1, -0.05) is 104 Å². The normalized spacial score (nSPS) is 19.6. The maximum atomic E-state index is 15.2. The fourth-order valence-corrected chi connectivity index (χ4v) is 13.2. The number of halogens is 1. The predicted molar refractivity (Wildman–Crippen MR) is 414 cm³/mol. The largest absolute Gasteiger partial charge is 0.458 e. The van der Waals surface area contributed by atoms with E-state index < -0.39 is 234 Å². The van der Waals surface area contributed by atoms with E-state index in [9.17, 15) is 75.3 Å². The fourth-order valence-electron chi connectivity index (χ4n) is 12.6. The van der Waals surface area contributed by atoms with E-state index in [0.717, 1.165) is 18.4 Å². The van der Waals surface area contributed by atoms with Crippen molar-refractivity contribution in [1.82, 2.24) is 78.6 Å². The maximum absolute atomic E-state index is 15.2. The summed E-state index contributed by atoms with van der Waals surface area (Å²) in [5, 5.41) is 38.1. The summed E-state index contributed by atoms with van der Waals surface area (Å²) >= 11 is 3.39. The molecule has 4 aromatic rings. The maximum Gasteiger partial charge on any atom is 0.397 e. The van der Waals surface area contributed by atoms with E-state index in [2.05, 4.69) is 88.9 Å². The molecule has 2 fully saturated rings. The number of rotatable bonds is 37. The average Bonchev–Trinajstić information content (AvgIpc) is 1.78. The molecule has 13 unspecified atom stereocenters. The van der Waals surface area contributed by atoms with Crippen LogP contribution in [-0.2, 0) is 115 Å². The number of primary amides is 2. The smallest absolute Gasteiger partial charge is 0.397 e. The number of carbonyl (C=O) groups is 16. The number of hydrogen-bond donors (Lipinski definition) is 18. The van der Waals surface area contributed by atoms with Crippen LogP contribution in [0.5, 0.6) is 0 Å². The molecule has 6 rings (SSSR count). The zero-order valence-electron chi connectivity index (χ0n) is 64.2. The summed E-state index contributed by atoms with van der Waals surface area (Å²) in [6, 6.07) is 2.18. The first-order valence-electron chi connectivity index (χ1n) is 36.8. The van der Waals surface area contributed by atoms with Gasteiger partial charge in [0.05, 0.1) is 19.6 Å². The Balaban J connectivity index is 1.32. The van der Waals surface area contributed by atoms with Gasteiger partial charge in [-0.15, -0.1) is 0 Å². The number of nitrogens with zero attached hydrogens (tertiary/aromatic N) is 2. The van der Waals surface area contributed by atoms with Crippen molar-refractivity contribution >= 4 is 138 Å². The summed E-state index contributed by atoms with van der Waals surface area (Å²) in [6.45, 7) is 6.35. The minimum atomic E-state index is -5.55. The number of H-pyrrole nitrogens is 1. The molecule has 42 heteroatoms. The summed E-state index contributed by atoms with van der Waals surface area (Å²) in [6.07, 6.45) is -2.88. The van der Waals surface area contributed by atoms with Crippen molar-refractivity contribution in [2.24, 2.45) is 29.0 Å². The van der Waals surface area contributed by atoms with E-state index in [1.165, 1.54) is 11.8 Å². The van der Waals surface area contributed by atoms with Gasteiger partial charge in [-0.3, -0.25) is 81.9 Å². The highest BCUT2D eigenvalue weighted by Gasteiger charge is 2.44. The van der Waals surface area contributed by atoms with Gasteiger partial charge in [-0.2, -0.15) is 8.42 Å². The van der Waals surface area contributed by atoms with Gasteiger partial charge in [-0.05, 0) is 92.7 Å². The van der Waals surface area contributed by atoms with Crippen LogP contribution in [0.15, 0.2) is 89.5 Å². The molecule has 40 nitrogen and oxygen atoms in total.